The summed E-state index contributed by atoms with van der Waals surface area (Å²) in [6.07, 6.45) is 4.87. The van der Waals surface area contributed by atoms with E-state index in [0.29, 0.717) is 21.9 Å². The van der Waals surface area contributed by atoms with Gasteiger partial charge in [-0.1, -0.05) is 42.5 Å². The highest BCUT2D eigenvalue weighted by Gasteiger charge is 2.32. The highest BCUT2D eigenvalue weighted by Crippen LogP contribution is 2.42. The van der Waals surface area contributed by atoms with E-state index in [1.165, 1.54) is 6.20 Å². The molecule has 0 amide bonds. The van der Waals surface area contributed by atoms with Gasteiger partial charge in [0, 0.05) is 34.2 Å². The fourth-order valence-corrected chi connectivity index (χ4v) is 4.17. The molecule has 0 unspecified atom stereocenters. The Morgan fingerprint density at radius 3 is 2.53 bits per heavy atom. The molecule has 0 saturated carbocycles. The molecule has 2 aromatic carbocycles. The van der Waals surface area contributed by atoms with Gasteiger partial charge >= 0.3 is 5.97 Å². The van der Waals surface area contributed by atoms with Gasteiger partial charge in [0.1, 0.15) is 0 Å². The van der Waals surface area contributed by atoms with E-state index in [9.17, 15) is 24.9 Å². The lowest BCUT2D eigenvalue weighted by molar-refractivity contribution is 0.0661. The molecule has 0 saturated heterocycles. The number of ketones is 1. The number of hydrogen-bond acceptors (Lipinski definition) is 5. The van der Waals surface area contributed by atoms with Crippen molar-refractivity contribution in [2.24, 2.45) is 0 Å². The number of nitrogens with one attached hydrogen (secondary N) is 2. The minimum atomic E-state index is -1.40. The summed E-state index contributed by atoms with van der Waals surface area (Å²) in [6, 6.07) is 12.6. The molecule has 5 aromatic rings. The number of carbonyl (C=O) groups excluding carboxylic acids is 1. The number of carboxylic acid groups (broad SMARTS) is 1. The van der Waals surface area contributed by atoms with Crippen molar-refractivity contribution in [2.45, 2.75) is 6.92 Å². The van der Waals surface area contributed by atoms with Crippen LogP contribution in [-0.4, -0.2) is 43.6 Å². The van der Waals surface area contributed by atoms with Crippen LogP contribution in [0.5, 0.6) is 5.75 Å². The van der Waals surface area contributed by atoms with Crippen molar-refractivity contribution in [3.63, 3.8) is 0 Å². The highest BCUT2D eigenvalue weighted by atomic mass is 16.4. The van der Waals surface area contributed by atoms with Gasteiger partial charge < -0.3 is 29.7 Å². The number of para-hydroxylation sites is 2. The molecule has 3 aromatic heterocycles. The van der Waals surface area contributed by atoms with Crippen LogP contribution >= 0.6 is 0 Å². The van der Waals surface area contributed by atoms with Crippen LogP contribution in [0.15, 0.2) is 64.8 Å². The molecule has 34 heavy (non-hydrogen) atoms. The molecule has 0 radical (unpaired) electrons. The lowest BCUT2D eigenvalue weighted by Gasteiger charge is -2.01. The first kappa shape index (κ1) is 21.3. The largest absolute Gasteiger partial charge is 0.504 e. The molecule has 3 heterocycles. The molecule has 0 aliphatic carbocycles. The summed E-state index contributed by atoms with van der Waals surface area (Å²) in [5.41, 5.74) is 3.51. The van der Waals surface area contributed by atoms with Gasteiger partial charge in [-0.05, 0) is 24.1 Å². The summed E-state index contributed by atoms with van der Waals surface area (Å²) in [4.78, 5) is 31.5. The number of rotatable bonds is 6. The first-order valence-corrected chi connectivity index (χ1v) is 10.5. The lowest BCUT2D eigenvalue weighted by Crippen LogP contribution is -1.99. The molecular formula is C26H20N2O6. The molecule has 0 aliphatic rings. The zero-order valence-corrected chi connectivity index (χ0v) is 18.0. The maximum Gasteiger partial charge on any atom is 0.372 e. The van der Waals surface area contributed by atoms with Gasteiger partial charge in [0.25, 0.3) is 0 Å². The Kier molecular flexibility index (Phi) is 5.07. The number of aromatic carboxylic acids is 1. The van der Waals surface area contributed by atoms with Crippen molar-refractivity contribution in [3.05, 3.63) is 83.1 Å². The van der Waals surface area contributed by atoms with Gasteiger partial charge in [-0.2, -0.15) is 0 Å². The minimum Gasteiger partial charge on any atom is -0.504 e. The normalized spacial score (nSPS) is 12.0. The Balaban J connectivity index is 1.67. The maximum atomic E-state index is 13.4. The van der Waals surface area contributed by atoms with Crippen LogP contribution in [0.25, 0.3) is 39.0 Å². The molecule has 5 rings (SSSR count). The van der Waals surface area contributed by atoms with E-state index in [4.69, 9.17) is 4.42 Å². The molecule has 0 fully saturated rings. The Morgan fingerprint density at radius 2 is 1.76 bits per heavy atom. The predicted octanol–water partition coefficient (Wildman–Crippen LogP) is 4.94. The second-order valence-corrected chi connectivity index (χ2v) is 7.99. The number of aromatic hydroxyl groups is 1. The number of carbonyl (C=O) groups is 2. The van der Waals surface area contributed by atoms with E-state index >= 15 is 0 Å². The zero-order chi connectivity index (χ0) is 24.0. The molecule has 0 bridgehead atoms. The standard InChI is InChI=1S/C26H20N2O6/c1-13(12-29)9-14-5-4-7-16-18(11-28-21(14)16)22(30)25-23(31)20(24(34-25)26(32)33)17-10-27-19-8-3-2-6-15(17)19/h2-11,27-29,31H,12H2,1H3,(H,32,33). The first-order chi connectivity index (χ1) is 16.4. The summed E-state index contributed by atoms with van der Waals surface area (Å²) < 4.78 is 5.45. The number of furan rings is 1. The highest BCUT2D eigenvalue weighted by molar-refractivity contribution is 6.18. The van der Waals surface area contributed by atoms with Gasteiger partial charge in [0.05, 0.1) is 23.3 Å². The average Bonchev–Trinajstić information content (AvgIpc) is 3.54. The summed E-state index contributed by atoms with van der Waals surface area (Å²) in [6.45, 7) is 1.69. The maximum absolute atomic E-state index is 13.4. The molecule has 5 N–H and O–H groups in total. The van der Waals surface area contributed by atoms with E-state index in [0.717, 1.165) is 16.7 Å². The van der Waals surface area contributed by atoms with Gasteiger partial charge in [0.2, 0.25) is 17.3 Å². The smallest absolute Gasteiger partial charge is 0.372 e. The van der Waals surface area contributed by atoms with E-state index < -0.39 is 29.0 Å². The van der Waals surface area contributed by atoms with Gasteiger partial charge in [-0.3, -0.25) is 4.79 Å². The number of hydrogen-bond donors (Lipinski definition) is 5. The number of aromatic nitrogens is 2. The monoisotopic (exact) mass is 456 g/mol. The number of fused-ring (bicyclic) bond motifs is 2. The van der Waals surface area contributed by atoms with Crippen LogP contribution in [0, 0.1) is 0 Å². The van der Waals surface area contributed by atoms with E-state index in [2.05, 4.69) is 9.97 Å². The molecule has 0 atom stereocenters. The van der Waals surface area contributed by atoms with E-state index in [-0.39, 0.29) is 17.7 Å². The van der Waals surface area contributed by atoms with Crippen LogP contribution in [0.2, 0.25) is 0 Å². The quantitative estimate of drug-likeness (QED) is 0.229. The van der Waals surface area contributed by atoms with Crippen molar-refractivity contribution in [1.82, 2.24) is 9.97 Å². The Hall–Kier alpha value is -4.56. The summed E-state index contributed by atoms with van der Waals surface area (Å²) in [5, 5.41) is 31.3. The van der Waals surface area contributed by atoms with E-state index in [1.54, 1.807) is 43.5 Å². The SMILES string of the molecule is CC(=Cc1cccc2c(C(=O)c3oc(C(=O)O)c(-c4c[nH]c5ccccc45)c3O)c[nH]c12)CO. The van der Waals surface area contributed by atoms with Crippen LogP contribution in [0.3, 0.4) is 0 Å². The first-order valence-electron chi connectivity index (χ1n) is 10.5. The fourth-order valence-electron chi connectivity index (χ4n) is 4.17. The van der Waals surface area contributed by atoms with Crippen LogP contribution in [-0.2, 0) is 0 Å². The third kappa shape index (κ3) is 3.28. The Labute approximate surface area is 192 Å². The Bertz CT molecular complexity index is 1620. The van der Waals surface area contributed by atoms with Crippen LogP contribution < -0.4 is 0 Å². The number of carboxylic acids is 1. The summed E-state index contributed by atoms with van der Waals surface area (Å²) >= 11 is 0. The average molecular weight is 456 g/mol. The number of H-pyrrole nitrogens is 2. The molecule has 0 aliphatic heterocycles. The number of aliphatic hydroxyl groups excluding tert-OH is 1. The zero-order valence-electron chi connectivity index (χ0n) is 18.0. The summed E-state index contributed by atoms with van der Waals surface area (Å²) in [7, 11) is 0. The second-order valence-electron chi connectivity index (χ2n) is 7.99. The minimum absolute atomic E-state index is 0.0599. The van der Waals surface area contributed by atoms with Crippen molar-refractivity contribution >= 4 is 39.6 Å². The molecule has 8 heteroatoms. The topological polar surface area (TPSA) is 140 Å². The third-order valence-electron chi connectivity index (χ3n) is 5.79. The third-order valence-corrected chi connectivity index (χ3v) is 5.79. The van der Waals surface area contributed by atoms with Crippen molar-refractivity contribution in [3.8, 4) is 16.9 Å². The lowest BCUT2D eigenvalue weighted by atomic mass is 10.0. The van der Waals surface area contributed by atoms with Crippen LogP contribution in [0.1, 0.15) is 39.2 Å². The fraction of sp³-hybridized carbons (Fsp3) is 0.0769. The van der Waals surface area contributed by atoms with Gasteiger partial charge in [-0.25, -0.2) is 4.79 Å². The van der Waals surface area contributed by atoms with Crippen molar-refractivity contribution < 1.29 is 29.3 Å². The number of benzene rings is 2. The van der Waals surface area contributed by atoms with Crippen molar-refractivity contribution in [1.29, 1.82) is 0 Å². The van der Waals surface area contributed by atoms with Crippen LogP contribution in [0.4, 0.5) is 0 Å². The predicted molar refractivity (Wildman–Crippen MR) is 127 cm³/mol. The van der Waals surface area contributed by atoms with Crippen molar-refractivity contribution in [2.75, 3.05) is 6.61 Å². The molecular weight excluding hydrogens is 436 g/mol. The molecule has 170 valence electrons. The molecule has 8 nitrogen and oxygen atoms in total. The Morgan fingerprint density at radius 1 is 1.00 bits per heavy atom. The number of aromatic amines is 2. The van der Waals surface area contributed by atoms with E-state index in [1.807, 2.05) is 18.2 Å². The van der Waals surface area contributed by atoms with Gasteiger partial charge in [-0.15, -0.1) is 0 Å². The second kappa shape index (κ2) is 8.09. The molecule has 0 spiro atoms. The number of aliphatic hydroxyl groups is 1. The summed E-state index contributed by atoms with van der Waals surface area (Å²) in [5.74, 6) is -3.56. The van der Waals surface area contributed by atoms with Gasteiger partial charge in [0.15, 0.2) is 5.75 Å².